The van der Waals surface area contributed by atoms with Crippen molar-refractivity contribution in [3.8, 4) is 5.75 Å². The Balaban J connectivity index is 1.66. The summed E-state index contributed by atoms with van der Waals surface area (Å²) < 4.78 is 5.81. The number of hydrogen-bond acceptors (Lipinski definition) is 6. The molecule has 7 nitrogen and oxygen atoms in total. The molecule has 32 heavy (non-hydrogen) atoms. The minimum absolute atomic E-state index is 0.0296. The van der Waals surface area contributed by atoms with Gasteiger partial charge in [0, 0.05) is 30.5 Å². The summed E-state index contributed by atoms with van der Waals surface area (Å²) in [4.78, 5) is 15.1. The third kappa shape index (κ3) is 6.04. The predicted molar refractivity (Wildman–Crippen MR) is 136 cm³/mol. The molecule has 0 saturated carbocycles. The fraction of sp³-hybridized carbons (Fsp3) is 0.435. The van der Waals surface area contributed by atoms with Gasteiger partial charge in [0.05, 0.1) is 11.9 Å². The van der Waals surface area contributed by atoms with Crippen LogP contribution in [0.2, 0.25) is 0 Å². The van der Waals surface area contributed by atoms with Gasteiger partial charge in [0.1, 0.15) is 11.4 Å². The van der Waals surface area contributed by atoms with Crippen molar-refractivity contribution in [3.63, 3.8) is 0 Å². The summed E-state index contributed by atoms with van der Waals surface area (Å²) in [5, 5.41) is 8.65. The number of aromatic nitrogens is 2. The Morgan fingerprint density at radius 3 is 2.59 bits per heavy atom. The van der Waals surface area contributed by atoms with Gasteiger partial charge in [-0.15, -0.1) is 0 Å². The molecule has 0 atom stereocenters. The third-order valence-corrected chi connectivity index (χ3v) is 6.36. The Hall–Kier alpha value is -2.52. The van der Waals surface area contributed by atoms with E-state index in [1.165, 1.54) is 5.56 Å². The average Bonchev–Trinajstić information content (AvgIpc) is 3.13. The van der Waals surface area contributed by atoms with E-state index in [2.05, 4.69) is 53.6 Å². The zero-order valence-corrected chi connectivity index (χ0v) is 20.9. The molecule has 1 saturated heterocycles. The third-order valence-electron chi connectivity index (χ3n) is 5.26. The first-order chi connectivity index (χ1) is 15.0. The summed E-state index contributed by atoms with van der Waals surface area (Å²) in [6.45, 7) is 12.0. The Morgan fingerprint density at radius 1 is 1.25 bits per heavy atom. The molecule has 0 bridgehead atoms. The first-order valence-corrected chi connectivity index (χ1v) is 11.9. The van der Waals surface area contributed by atoms with E-state index in [0.29, 0.717) is 16.6 Å². The van der Waals surface area contributed by atoms with Gasteiger partial charge in [-0.25, -0.2) is 4.98 Å². The largest absolute Gasteiger partial charge is 0.430 e. The Labute approximate surface area is 199 Å². The predicted octanol–water partition coefficient (Wildman–Crippen LogP) is 3.99. The van der Waals surface area contributed by atoms with E-state index >= 15 is 0 Å². The van der Waals surface area contributed by atoms with Crippen LogP contribution in [0.1, 0.15) is 48.8 Å². The van der Waals surface area contributed by atoms with Crippen molar-refractivity contribution in [1.82, 2.24) is 14.9 Å². The number of thiocarbonyl (C=S) groups is 1. The molecule has 3 rings (SSSR count). The van der Waals surface area contributed by atoms with Crippen LogP contribution in [0.4, 0.5) is 0 Å². The number of ether oxygens (including phenoxy) is 1. The molecule has 1 aliphatic heterocycles. The summed E-state index contributed by atoms with van der Waals surface area (Å²) >= 11 is 6.91. The molecular weight excluding hydrogens is 440 g/mol. The van der Waals surface area contributed by atoms with Crippen molar-refractivity contribution in [1.29, 1.82) is 5.41 Å². The maximum Gasteiger partial charge on any atom is 0.290 e. The zero-order chi connectivity index (χ0) is 23.5. The Bertz CT molecular complexity index is 1040. The molecular formula is C23H30N6OS2. The quantitative estimate of drug-likeness (QED) is 0.387. The number of nitrogens with zero attached hydrogens (tertiary/aromatic N) is 4. The van der Waals surface area contributed by atoms with Gasteiger partial charge >= 0.3 is 0 Å². The summed E-state index contributed by atoms with van der Waals surface area (Å²) in [7, 11) is 0. The van der Waals surface area contributed by atoms with Gasteiger partial charge in [-0.2, -0.15) is 4.99 Å². The Kier molecular flexibility index (Phi) is 7.51. The summed E-state index contributed by atoms with van der Waals surface area (Å²) in [5.41, 5.74) is 10.6. The fourth-order valence-electron chi connectivity index (χ4n) is 3.26. The first kappa shape index (κ1) is 24.1. The number of amidine groups is 2. The number of hydrogen-bond donors (Lipinski definition) is 2. The second kappa shape index (κ2) is 9.95. The van der Waals surface area contributed by atoms with E-state index in [9.17, 15) is 0 Å². The van der Waals surface area contributed by atoms with Crippen LogP contribution in [0.25, 0.3) is 0 Å². The maximum absolute atomic E-state index is 7.96. The molecule has 2 heterocycles. The lowest BCUT2D eigenvalue weighted by Gasteiger charge is -2.18. The minimum atomic E-state index is -0.0907. The van der Waals surface area contributed by atoms with Crippen LogP contribution in [0.15, 0.2) is 29.5 Å². The fourth-order valence-corrected chi connectivity index (χ4v) is 4.32. The van der Waals surface area contributed by atoms with Gasteiger partial charge in [0.2, 0.25) is 0 Å². The second-order valence-corrected chi connectivity index (χ2v) is 10.3. The van der Waals surface area contributed by atoms with Crippen LogP contribution >= 0.6 is 24.0 Å². The van der Waals surface area contributed by atoms with E-state index in [1.54, 1.807) is 24.2 Å². The van der Waals surface area contributed by atoms with E-state index in [1.807, 2.05) is 13.0 Å². The highest BCUT2D eigenvalue weighted by atomic mass is 32.2. The first-order valence-electron chi connectivity index (χ1n) is 10.5. The highest BCUT2D eigenvalue weighted by Crippen LogP contribution is 2.25. The number of aryl methyl sites for hydroxylation is 2. The van der Waals surface area contributed by atoms with Crippen LogP contribution in [0, 0.1) is 19.3 Å². The van der Waals surface area contributed by atoms with Crippen LogP contribution < -0.4 is 10.5 Å². The summed E-state index contributed by atoms with van der Waals surface area (Å²) in [6, 6.07) is 4.09. The SMILES string of the molecule is Cc1cc(OC(=S)N=C(N)c2cnc(C(C)(C)C)cn2)c(C)cc1CCN1CCSC1=N. The number of benzene rings is 1. The Morgan fingerprint density at radius 2 is 2.00 bits per heavy atom. The van der Waals surface area contributed by atoms with E-state index in [-0.39, 0.29) is 16.4 Å². The number of thioether (sulfide) groups is 1. The molecule has 170 valence electrons. The smallest absolute Gasteiger partial charge is 0.290 e. The van der Waals surface area contributed by atoms with Gasteiger partial charge < -0.3 is 15.4 Å². The van der Waals surface area contributed by atoms with Gasteiger partial charge in [-0.3, -0.25) is 10.4 Å². The van der Waals surface area contributed by atoms with E-state index in [0.717, 1.165) is 42.1 Å². The molecule has 2 aromatic rings. The van der Waals surface area contributed by atoms with Crippen molar-refractivity contribution < 1.29 is 4.74 Å². The molecule has 0 radical (unpaired) electrons. The van der Waals surface area contributed by atoms with Crippen LogP contribution in [-0.4, -0.2) is 49.9 Å². The normalized spacial score (nSPS) is 14.7. The van der Waals surface area contributed by atoms with Crippen molar-refractivity contribution in [2.75, 3.05) is 18.8 Å². The minimum Gasteiger partial charge on any atom is -0.430 e. The van der Waals surface area contributed by atoms with Gasteiger partial charge in [-0.1, -0.05) is 38.6 Å². The van der Waals surface area contributed by atoms with Gasteiger partial charge in [-0.05, 0) is 55.2 Å². The summed E-state index contributed by atoms with van der Waals surface area (Å²) in [6.07, 6.45) is 4.19. The lowest BCUT2D eigenvalue weighted by Crippen LogP contribution is -2.26. The van der Waals surface area contributed by atoms with Crippen LogP contribution in [0.3, 0.4) is 0 Å². The molecule has 1 aromatic carbocycles. The molecule has 1 aliphatic rings. The maximum atomic E-state index is 7.96. The average molecular weight is 471 g/mol. The summed E-state index contributed by atoms with van der Waals surface area (Å²) in [5.74, 6) is 1.82. The molecule has 1 aromatic heterocycles. The highest BCUT2D eigenvalue weighted by molar-refractivity contribution is 8.14. The second-order valence-electron chi connectivity index (χ2n) is 8.84. The lowest BCUT2D eigenvalue weighted by atomic mass is 9.93. The van der Waals surface area contributed by atoms with Gasteiger partial charge in [0.15, 0.2) is 11.0 Å². The monoisotopic (exact) mass is 470 g/mol. The highest BCUT2D eigenvalue weighted by Gasteiger charge is 2.18. The number of nitrogens with one attached hydrogen (secondary N) is 1. The van der Waals surface area contributed by atoms with E-state index < -0.39 is 0 Å². The number of nitrogens with two attached hydrogens (primary N) is 1. The number of aliphatic imine (C=N–C) groups is 1. The molecule has 1 fully saturated rings. The van der Waals surface area contributed by atoms with Crippen LogP contribution in [0.5, 0.6) is 5.75 Å². The van der Waals surface area contributed by atoms with Crippen molar-refractivity contribution in [2.45, 2.75) is 46.5 Å². The van der Waals surface area contributed by atoms with Gasteiger partial charge in [0.25, 0.3) is 5.17 Å². The molecule has 0 aliphatic carbocycles. The molecule has 9 heteroatoms. The number of rotatable bonds is 5. The molecule has 0 unspecified atom stereocenters. The van der Waals surface area contributed by atoms with Crippen molar-refractivity contribution in [3.05, 3.63) is 52.6 Å². The molecule has 0 spiro atoms. The van der Waals surface area contributed by atoms with Crippen molar-refractivity contribution >= 4 is 40.2 Å². The molecule has 3 N–H and O–H groups in total. The zero-order valence-electron chi connectivity index (χ0n) is 19.2. The molecule has 0 amide bonds. The topological polar surface area (TPSA) is 100 Å². The van der Waals surface area contributed by atoms with Crippen molar-refractivity contribution in [2.24, 2.45) is 10.7 Å². The lowest BCUT2D eigenvalue weighted by molar-refractivity contribution is 0.463. The van der Waals surface area contributed by atoms with Crippen LogP contribution in [-0.2, 0) is 11.8 Å². The standard InChI is InChI=1S/C23H30N6OS2/c1-14-11-18(15(2)10-16(14)6-7-29-8-9-32-21(29)25)30-22(31)28-20(24)17-12-27-19(13-26-17)23(3,4)5/h10-13,25H,6-9H2,1-5H3,(H2,24,28,31). The van der Waals surface area contributed by atoms with E-state index in [4.69, 9.17) is 28.1 Å².